The minimum Gasteiger partial charge on any atom is -0.486 e. The largest absolute Gasteiger partial charge is 0.486 e. The Morgan fingerprint density at radius 2 is 1.72 bits per heavy atom. The molecule has 0 saturated heterocycles. The molecule has 0 saturated carbocycles. The van der Waals surface area contributed by atoms with Crippen molar-refractivity contribution in [2.75, 3.05) is 32.1 Å². The molecule has 3 rings (SSSR count). The summed E-state index contributed by atoms with van der Waals surface area (Å²) in [5.74, 6) is 0.345. The molecule has 0 fully saturated rings. The highest BCUT2D eigenvalue weighted by atomic mass is 32.2. The second-order valence-electron chi connectivity index (χ2n) is 6.71. The second kappa shape index (κ2) is 10.7. The van der Waals surface area contributed by atoms with Crippen LogP contribution in [0, 0.1) is 0 Å². The monoisotopic (exact) mass is 479 g/mol. The van der Waals surface area contributed by atoms with Crippen LogP contribution in [0.4, 0.5) is 0 Å². The lowest BCUT2D eigenvalue weighted by Gasteiger charge is -2.19. The summed E-state index contributed by atoms with van der Waals surface area (Å²) < 4.78 is 37.6. The summed E-state index contributed by atoms with van der Waals surface area (Å²) in [6.45, 7) is 5.13. The van der Waals surface area contributed by atoms with Crippen LogP contribution in [0.5, 0.6) is 11.5 Å². The van der Waals surface area contributed by atoms with Crippen molar-refractivity contribution in [3.63, 3.8) is 0 Å². The number of ether oxygens (including phenoxy) is 2. The molecule has 32 heavy (non-hydrogen) atoms. The Morgan fingerprint density at radius 3 is 2.44 bits per heavy atom. The molecule has 0 spiro atoms. The minimum atomic E-state index is -3.69. The molecule has 0 atom stereocenters. The first kappa shape index (κ1) is 23.9. The first-order valence-electron chi connectivity index (χ1n) is 10.1. The van der Waals surface area contributed by atoms with Crippen LogP contribution in [0.25, 0.3) is 0 Å². The van der Waals surface area contributed by atoms with Crippen molar-refractivity contribution >= 4 is 33.6 Å². The first-order valence-corrected chi connectivity index (χ1v) is 12.5. The maximum Gasteiger partial charge on any atom is 0.269 e. The van der Waals surface area contributed by atoms with Gasteiger partial charge in [0.05, 0.1) is 10.6 Å². The van der Waals surface area contributed by atoms with Crippen LogP contribution in [0.2, 0.25) is 0 Å². The van der Waals surface area contributed by atoms with Gasteiger partial charge in [-0.1, -0.05) is 19.9 Å². The minimum absolute atomic E-state index is 0.0225. The van der Waals surface area contributed by atoms with Gasteiger partial charge in [0.25, 0.3) is 5.91 Å². The molecular formula is C21H25N3O6S2. The zero-order valence-electron chi connectivity index (χ0n) is 17.8. The van der Waals surface area contributed by atoms with E-state index in [1.54, 1.807) is 26.0 Å². The number of amides is 2. The summed E-state index contributed by atoms with van der Waals surface area (Å²) in [4.78, 5) is 25.4. The fraction of sp³-hybridized carbons (Fsp3) is 0.333. The van der Waals surface area contributed by atoms with Gasteiger partial charge in [-0.05, 0) is 36.4 Å². The van der Waals surface area contributed by atoms with Gasteiger partial charge < -0.3 is 9.47 Å². The smallest absolute Gasteiger partial charge is 0.269 e. The molecule has 0 aliphatic carbocycles. The van der Waals surface area contributed by atoms with E-state index in [2.05, 4.69) is 10.9 Å². The summed E-state index contributed by atoms with van der Waals surface area (Å²) in [5.41, 5.74) is 4.78. The summed E-state index contributed by atoms with van der Waals surface area (Å²) in [6, 6.07) is 11.1. The molecule has 9 nitrogen and oxygen atoms in total. The van der Waals surface area contributed by atoms with E-state index in [-0.39, 0.29) is 16.2 Å². The van der Waals surface area contributed by atoms with Crippen molar-refractivity contribution in [3.05, 3.63) is 48.0 Å². The number of carbonyl (C=O) groups is 2. The van der Waals surface area contributed by atoms with E-state index in [9.17, 15) is 18.0 Å². The first-order chi connectivity index (χ1) is 15.3. The predicted molar refractivity (Wildman–Crippen MR) is 120 cm³/mol. The summed E-state index contributed by atoms with van der Waals surface area (Å²) in [5, 5.41) is 0. The zero-order valence-corrected chi connectivity index (χ0v) is 19.4. The summed E-state index contributed by atoms with van der Waals surface area (Å²) >= 11 is 1.28. The zero-order chi connectivity index (χ0) is 23.1. The van der Waals surface area contributed by atoms with Crippen LogP contribution in [0.3, 0.4) is 0 Å². The number of sulfonamides is 1. The van der Waals surface area contributed by atoms with Crippen molar-refractivity contribution in [1.29, 1.82) is 0 Å². The molecule has 2 aromatic carbocycles. The Hall–Kier alpha value is -2.76. The molecule has 0 bridgehead atoms. The standard InChI is InChI=1S/C21H25N3O6S2/c1-3-24(4-2)32(27,28)17-7-5-6-15(12-17)21(26)23-22-20(25)14-31-16-8-9-18-19(13-16)30-11-10-29-18/h5-9,12-13H,3-4,10-11,14H2,1-2H3,(H,22,25)(H,23,26). The van der Waals surface area contributed by atoms with Crippen LogP contribution >= 0.6 is 11.8 Å². The van der Waals surface area contributed by atoms with E-state index in [4.69, 9.17) is 9.47 Å². The van der Waals surface area contributed by atoms with E-state index >= 15 is 0 Å². The number of rotatable bonds is 8. The number of fused-ring (bicyclic) bond motifs is 1. The highest BCUT2D eigenvalue weighted by Crippen LogP contribution is 2.34. The molecule has 0 radical (unpaired) electrons. The van der Waals surface area contributed by atoms with Gasteiger partial charge in [0.2, 0.25) is 15.9 Å². The number of hydrazine groups is 1. The summed E-state index contributed by atoms with van der Waals surface area (Å²) in [7, 11) is -3.69. The van der Waals surface area contributed by atoms with Crippen LogP contribution in [-0.2, 0) is 14.8 Å². The maximum absolute atomic E-state index is 12.6. The number of carbonyl (C=O) groups excluding carboxylic acids is 2. The van der Waals surface area contributed by atoms with Crippen LogP contribution in [-0.4, -0.2) is 56.6 Å². The van der Waals surface area contributed by atoms with E-state index in [0.717, 1.165) is 4.90 Å². The van der Waals surface area contributed by atoms with Gasteiger partial charge in [-0.25, -0.2) is 8.42 Å². The highest BCUT2D eigenvalue weighted by molar-refractivity contribution is 8.00. The molecular weight excluding hydrogens is 454 g/mol. The maximum atomic E-state index is 12.6. The number of benzene rings is 2. The van der Waals surface area contributed by atoms with Crippen LogP contribution in [0.15, 0.2) is 52.3 Å². The average molecular weight is 480 g/mol. The Kier molecular flexibility index (Phi) is 7.99. The van der Waals surface area contributed by atoms with Gasteiger partial charge in [0.1, 0.15) is 13.2 Å². The molecule has 1 aliphatic rings. The number of thioether (sulfide) groups is 1. The molecule has 2 aromatic rings. The molecule has 2 N–H and O–H groups in total. The Balaban J connectivity index is 1.55. The fourth-order valence-electron chi connectivity index (χ4n) is 3.01. The Labute approximate surface area is 191 Å². The second-order valence-corrected chi connectivity index (χ2v) is 9.70. The van der Waals surface area contributed by atoms with Crippen molar-refractivity contribution < 1.29 is 27.5 Å². The quantitative estimate of drug-likeness (QED) is 0.440. The van der Waals surface area contributed by atoms with Crippen LogP contribution in [0.1, 0.15) is 24.2 Å². The van der Waals surface area contributed by atoms with Crippen molar-refractivity contribution in [2.24, 2.45) is 0 Å². The third kappa shape index (κ3) is 5.72. The van der Waals surface area contributed by atoms with Crippen LogP contribution < -0.4 is 20.3 Å². The molecule has 11 heteroatoms. The lowest BCUT2D eigenvalue weighted by Crippen LogP contribution is -2.42. The fourth-order valence-corrected chi connectivity index (χ4v) is 5.24. The third-order valence-electron chi connectivity index (χ3n) is 4.64. The Bertz CT molecular complexity index is 1090. The van der Waals surface area contributed by atoms with E-state index in [1.807, 2.05) is 6.07 Å². The highest BCUT2D eigenvalue weighted by Gasteiger charge is 2.22. The van der Waals surface area contributed by atoms with Gasteiger partial charge in [0, 0.05) is 23.5 Å². The van der Waals surface area contributed by atoms with Crippen molar-refractivity contribution in [2.45, 2.75) is 23.6 Å². The van der Waals surface area contributed by atoms with Gasteiger partial charge in [0.15, 0.2) is 11.5 Å². The van der Waals surface area contributed by atoms with Crippen molar-refractivity contribution in [3.8, 4) is 11.5 Å². The lowest BCUT2D eigenvalue weighted by atomic mass is 10.2. The number of hydrogen-bond donors (Lipinski definition) is 2. The van der Waals surface area contributed by atoms with Crippen molar-refractivity contribution in [1.82, 2.24) is 15.2 Å². The number of nitrogens with zero attached hydrogens (tertiary/aromatic N) is 1. The topological polar surface area (TPSA) is 114 Å². The Morgan fingerprint density at radius 1 is 1.00 bits per heavy atom. The van der Waals surface area contributed by atoms with Gasteiger partial charge in [-0.3, -0.25) is 20.4 Å². The average Bonchev–Trinajstić information content (AvgIpc) is 2.81. The molecule has 2 amide bonds. The summed E-state index contributed by atoms with van der Waals surface area (Å²) in [6.07, 6.45) is 0. The third-order valence-corrected chi connectivity index (χ3v) is 7.68. The van der Waals surface area contributed by atoms with Gasteiger partial charge in [-0.2, -0.15) is 4.31 Å². The molecule has 172 valence electrons. The van der Waals surface area contributed by atoms with E-state index < -0.39 is 21.8 Å². The van der Waals surface area contributed by atoms with E-state index in [0.29, 0.717) is 37.8 Å². The van der Waals surface area contributed by atoms with Gasteiger partial charge >= 0.3 is 0 Å². The lowest BCUT2D eigenvalue weighted by molar-refractivity contribution is -0.119. The van der Waals surface area contributed by atoms with E-state index in [1.165, 1.54) is 40.3 Å². The number of nitrogens with one attached hydrogen (secondary N) is 2. The predicted octanol–water partition coefficient (Wildman–Crippen LogP) is 2.04. The van der Waals surface area contributed by atoms with Gasteiger partial charge in [-0.15, -0.1) is 11.8 Å². The SMILES string of the molecule is CCN(CC)S(=O)(=O)c1cccc(C(=O)NNC(=O)CSc2ccc3c(c2)OCCO3)c1. The molecule has 0 aromatic heterocycles. The molecule has 1 heterocycles. The number of hydrogen-bond acceptors (Lipinski definition) is 7. The molecule has 1 aliphatic heterocycles. The normalized spacial score (nSPS) is 13.0. The molecule has 0 unspecified atom stereocenters.